The lowest BCUT2D eigenvalue weighted by Gasteiger charge is -2.16. The molecule has 96 valence electrons. The predicted molar refractivity (Wildman–Crippen MR) is 69.5 cm³/mol. The van der Waals surface area contributed by atoms with Crippen LogP contribution in [-0.4, -0.2) is 16.3 Å². The van der Waals surface area contributed by atoms with E-state index in [0.29, 0.717) is 12.1 Å². The number of aromatic nitrogens is 1. The summed E-state index contributed by atoms with van der Waals surface area (Å²) in [6, 6.07) is 10.0. The van der Waals surface area contributed by atoms with Crippen LogP contribution in [0.2, 0.25) is 0 Å². The van der Waals surface area contributed by atoms with Gasteiger partial charge in [0, 0.05) is 11.4 Å². The first-order valence-corrected chi connectivity index (χ1v) is 5.90. The van der Waals surface area contributed by atoms with Crippen LogP contribution in [-0.2, 0) is 0 Å². The Morgan fingerprint density at radius 3 is 2.50 bits per heavy atom. The molecule has 0 aliphatic rings. The fourth-order valence-electron chi connectivity index (χ4n) is 1.93. The monoisotopic (exact) mass is 248 g/mol. The maximum absolute atomic E-state index is 13.0. The zero-order chi connectivity index (χ0) is 13.1. The highest BCUT2D eigenvalue weighted by atomic mass is 19.1. The maximum atomic E-state index is 13.0. The van der Waals surface area contributed by atoms with Gasteiger partial charge in [0.05, 0.1) is 12.6 Å². The largest absolute Gasteiger partial charge is 0.386 e. The molecule has 0 aliphatic heterocycles. The molecule has 0 bridgehead atoms. The van der Waals surface area contributed by atoms with Crippen molar-refractivity contribution in [1.29, 1.82) is 0 Å². The van der Waals surface area contributed by atoms with Gasteiger partial charge in [-0.2, -0.15) is 0 Å². The zero-order valence-electron chi connectivity index (χ0n) is 10.5. The Kier molecular flexibility index (Phi) is 3.67. The lowest BCUT2D eigenvalue weighted by atomic mass is 10.1. The molecule has 0 fully saturated rings. The van der Waals surface area contributed by atoms with Gasteiger partial charge in [-0.3, -0.25) is 4.68 Å². The molecule has 1 aromatic heterocycles. The van der Waals surface area contributed by atoms with Gasteiger partial charge in [-0.25, -0.2) is 4.39 Å². The highest BCUT2D eigenvalue weighted by Gasteiger charge is 2.09. The zero-order valence-corrected chi connectivity index (χ0v) is 10.5. The second kappa shape index (κ2) is 5.23. The number of aliphatic hydroxyl groups excluding tert-OH is 1. The Morgan fingerprint density at radius 1 is 1.22 bits per heavy atom. The number of aryl methyl sites for hydroxylation is 2. The van der Waals surface area contributed by atoms with Gasteiger partial charge in [0.2, 0.25) is 0 Å². The van der Waals surface area contributed by atoms with E-state index >= 15 is 0 Å². The quantitative estimate of drug-likeness (QED) is 0.872. The Morgan fingerprint density at radius 2 is 1.89 bits per heavy atom. The second-order valence-electron chi connectivity index (χ2n) is 4.38. The van der Waals surface area contributed by atoms with E-state index in [0.717, 1.165) is 11.4 Å². The molecule has 1 heterocycles. The Balaban J connectivity index is 2.02. The van der Waals surface area contributed by atoms with Crippen molar-refractivity contribution >= 4 is 0 Å². The lowest BCUT2D eigenvalue weighted by molar-refractivity contribution is 0.187. The van der Waals surface area contributed by atoms with E-state index in [4.69, 9.17) is 0 Å². The summed E-state index contributed by atoms with van der Waals surface area (Å²) in [7, 11) is 0. The van der Waals surface area contributed by atoms with Crippen molar-refractivity contribution in [3.63, 3.8) is 0 Å². The first-order valence-electron chi connectivity index (χ1n) is 5.90. The van der Waals surface area contributed by atoms with Crippen LogP contribution < -0.4 is 5.43 Å². The predicted octanol–water partition coefficient (Wildman–Crippen LogP) is 2.52. The lowest BCUT2D eigenvalue weighted by Crippen LogP contribution is -2.23. The fraction of sp³-hybridized carbons (Fsp3) is 0.286. The molecule has 4 heteroatoms. The van der Waals surface area contributed by atoms with E-state index in [1.165, 1.54) is 12.1 Å². The van der Waals surface area contributed by atoms with Crippen molar-refractivity contribution in [1.82, 2.24) is 4.68 Å². The molecule has 0 saturated heterocycles. The fourth-order valence-corrected chi connectivity index (χ4v) is 1.93. The van der Waals surface area contributed by atoms with E-state index in [-0.39, 0.29) is 5.82 Å². The van der Waals surface area contributed by atoms with Crippen molar-refractivity contribution in [3.8, 4) is 0 Å². The minimum absolute atomic E-state index is 0.333. The average molecular weight is 248 g/mol. The summed E-state index contributed by atoms with van der Waals surface area (Å²) in [6.07, 6.45) is -0.734. The van der Waals surface area contributed by atoms with Gasteiger partial charge in [-0.15, -0.1) is 0 Å². The number of nitrogens with zero attached hydrogens (tertiary/aromatic N) is 1. The standard InChI is InChI=1S/C14H17FN2O/c1-10-6-7-11(2)17(10)16-9-14(18)12-4-3-5-13(15)8-12/h3-8,14,16,18H,9H2,1-2H3. The molecule has 18 heavy (non-hydrogen) atoms. The number of rotatable bonds is 4. The molecule has 0 radical (unpaired) electrons. The summed E-state index contributed by atoms with van der Waals surface area (Å²) < 4.78 is 14.9. The molecule has 2 rings (SSSR count). The SMILES string of the molecule is Cc1ccc(C)n1NCC(O)c1cccc(F)c1. The summed E-state index contributed by atoms with van der Waals surface area (Å²) in [4.78, 5) is 0. The van der Waals surface area contributed by atoms with Crippen molar-refractivity contribution in [2.75, 3.05) is 12.0 Å². The molecule has 0 aliphatic carbocycles. The van der Waals surface area contributed by atoms with Crippen LogP contribution >= 0.6 is 0 Å². The van der Waals surface area contributed by atoms with E-state index in [9.17, 15) is 9.50 Å². The number of hydrogen-bond acceptors (Lipinski definition) is 2. The van der Waals surface area contributed by atoms with Crippen LogP contribution in [0, 0.1) is 19.7 Å². The molecule has 0 spiro atoms. The summed E-state index contributed by atoms with van der Waals surface area (Å²) in [6.45, 7) is 4.29. The van der Waals surface area contributed by atoms with E-state index < -0.39 is 6.10 Å². The minimum Gasteiger partial charge on any atom is -0.386 e. The highest BCUT2D eigenvalue weighted by Crippen LogP contribution is 2.14. The minimum atomic E-state index is -0.734. The molecular weight excluding hydrogens is 231 g/mol. The van der Waals surface area contributed by atoms with Gasteiger partial charge < -0.3 is 10.5 Å². The van der Waals surface area contributed by atoms with Crippen LogP contribution in [0.5, 0.6) is 0 Å². The topological polar surface area (TPSA) is 37.2 Å². The normalized spacial score (nSPS) is 12.4. The molecule has 2 N–H and O–H groups in total. The number of nitrogens with one attached hydrogen (secondary N) is 1. The number of benzene rings is 1. The van der Waals surface area contributed by atoms with E-state index in [1.54, 1.807) is 12.1 Å². The molecule has 0 amide bonds. The molecule has 3 nitrogen and oxygen atoms in total. The second-order valence-corrected chi connectivity index (χ2v) is 4.38. The molecule has 2 aromatic rings. The van der Waals surface area contributed by atoms with Crippen LogP contribution in [0.25, 0.3) is 0 Å². The molecule has 1 unspecified atom stereocenters. The first-order chi connectivity index (χ1) is 8.58. The van der Waals surface area contributed by atoms with Gasteiger partial charge in [0.25, 0.3) is 0 Å². The Hall–Kier alpha value is -1.81. The Bertz CT molecular complexity index is 517. The third kappa shape index (κ3) is 2.71. The van der Waals surface area contributed by atoms with E-state index in [1.807, 2.05) is 30.7 Å². The first kappa shape index (κ1) is 12.6. The van der Waals surface area contributed by atoms with Crippen LogP contribution in [0.3, 0.4) is 0 Å². The van der Waals surface area contributed by atoms with Crippen LogP contribution in [0.15, 0.2) is 36.4 Å². The Labute approximate surface area is 106 Å². The molecule has 1 aromatic carbocycles. The third-order valence-corrected chi connectivity index (χ3v) is 2.95. The highest BCUT2D eigenvalue weighted by molar-refractivity contribution is 5.20. The number of aliphatic hydroxyl groups is 1. The summed E-state index contributed by atoms with van der Waals surface area (Å²) in [5.41, 5.74) is 5.83. The van der Waals surface area contributed by atoms with Crippen molar-refractivity contribution < 1.29 is 9.50 Å². The molecular formula is C14H17FN2O. The smallest absolute Gasteiger partial charge is 0.123 e. The number of halogens is 1. The third-order valence-electron chi connectivity index (χ3n) is 2.95. The van der Waals surface area contributed by atoms with Gasteiger partial charge >= 0.3 is 0 Å². The molecule has 0 saturated carbocycles. The van der Waals surface area contributed by atoms with Crippen molar-refractivity contribution in [3.05, 3.63) is 59.2 Å². The van der Waals surface area contributed by atoms with Crippen molar-refractivity contribution in [2.45, 2.75) is 20.0 Å². The van der Waals surface area contributed by atoms with E-state index in [2.05, 4.69) is 5.43 Å². The number of hydrogen-bond donors (Lipinski definition) is 2. The average Bonchev–Trinajstić information content (AvgIpc) is 2.66. The van der Waals surface area contributed by atoms with Gasteiger partial charge in [-0.1, -0.05) is 12.1 Å². The summed E-state index contributed by atoms with van der Waals surface area (Å²) >= 11 is 0. The van der Waals surface area contributed by atoms with Crippen molar-refractivity contribution in [2.24, 2.45) is 0 Å². The van der Waals surface area contributed by atoms with Gasteiger partial charge in [0.15, 0.2) is 0 Å². The summed E-state index contributed by atoms with van der Waals surface area (Å²) in [5, 5.41) is 9.98. The van der Waals surface area contributed by atoms with Gasteiger partial charge in [0.1, 0.15) is 5.82 Å². The summed E-state index contributed by atoms with van der Waals surface area (Å²) in [5.74, 6) is -0.333. The maximum Gasteiger partial charge on any atom is 0.123 e. The molecule has 1 atom stereocenters. The van der Waals surface area contributed by atoms with Crippen LogP contribution in [0.4, 0.5) is 4.39 Å². The van der Waals surface area contributed by atoms with Gasteiger partial charge in [-0.05, 0) is 43.7 Å². The van der Waals surface area contributed by atoms with Crippen LogP contribution in [0.1, 0.15) is 23.1 Å².